The Morgan fingerprint density at radius 2 is 1.68 bits per heavy atom. The quantitative estimate of drug-likeness (QED) is 0.611. The van der Waals surface area contributed by atoms with Crippen LogP contribution in [0.15, 0.2) is 18.2 Å². The average Bonchev–Trinajstić information content (AvgIpc) is 2.40. The number of carbonyl (C=O) groups excluding carboxylic acids is 1. The molecule has 0 aromatic heterocycles. The zero-order chi connectivity index (χ0) is 14.5. The zero-order valence-corrected chi connectivity index (χ0v) is 11.6. The SMILES string of the molecule is O=C(Cc1ccc(Cl)c(Cl)c1)NC(CO)(CO)CO. The summed E-state index contributed by atoms with van der Waals surface area (Å²) in [5.74, 6) is -0.449. The van der Waals surface area contributed by atoms with E-state index >= 15 is 0 Å². The van der Waals surface area contributed by atoms with Crippen molar-refractivity contribution in [2.45, 2.75) is 12.0 Å². The molecular weight excluding hydrogens is 293 g/mol. The van der Waals surface area contributed by atoms with Crippen molar-refractivity contribution >= 4 is 29.1 Å². The van der Waals surface area contributed by atoms with Crippen molar-refractivity contribution in [1.82, 2.24) is 5.32 Å². The van der Waals surface area contributed by atoms with Crippen LogP contribution in [0, 0.1) is 0 Å². The number of aliphatic hydroxyl groups excluding tert-OH is 3. The van der Waals surface area contributed by atoms with Crippen molar-refractivity contribution in [3.63, 3.8) is 0 Å². The molecule has 0 saturated heterocycles. The highest BCUT2D eigenvalue weighted by Gasteiger charge is 2.29. The fourth-order valence-electron chi connectivity index (χ4n) is 1.44. The normalized spacial score (nSPS) is 11.4. The molecule has 7 heteroatoms. The van der Waals surface area contributed by atoms with Crippen LogP contribution in [0.2, 0.25) is 10.0 Å². The standard InChI is InChI=1S/C12H15Cl2NO4/c13-9-2-1-8(3-10(9)14)4-11(19)15-12(5-16,6-17)7-18/h1-3,16-18H,4-7H2,(H,15,19). The Morgan fingerprint density at radius 3 is 2.16 bits per heavy atom. The Morgan fingerprint density at radius 1 is 1.11 bits per heavy atom. The first-order valence-corrected chi connectivity index (χ1v) is 6.29. The molecule has 0 fully saturated rings. The molecule has 1 amide bonds. The van der Waals surface area contributed by atoms with Crippen LogP contribution < -0.4 is 5.32 Å². The van der Waals surface area contributed by atoms with Crippen LogP contribution in [-0.2, 0) is 11.2 Å². The third kappa shape index (κ3) is 4.33. The predicted molar refractivity (Wildman–Crippen MR) is 72.3 cm³/mol. The van der Waals surface area contributed by atoms with Gasteiger partial charge in [-0.15, -0.1) is 0 Å². The van der Waals surface area contributed by atoms with Gasteiger partial charge in [0.15, 0.2) is 0 Å². The first-order valence-electron chi connectivity index (χ1n) is 5.54. The fourth-order valence-corrected chi connectivity index (χ4v) is 1.76. The second kappa shape index (κ2) is 7.07. The highest BCUT2D eigenvalue weighted by atomic mass is 35.5. The third-order valence-corrected chi connectivity index (χ3v) is 3.40. The molecule has 0 heterocycles. The summed E-state index contributed by atoms with van der Waals surface area (Å²) in [7, 11) is 0. The van der Waals surface area contributed by atoms with E-state index in [0.717, 1.165) is 0 Å². The average molecular weight is 308 g/mol. The third-order valence-electron chi connectivity index (χ3n) is 2.66. The van der Waals surface area contributed by atoms with Gasteiger partial charge >= 0.3 is 0 Å². The summed E-state index contributed by atoms with van der Waals surface area (Å²) < 4.78 is 0. The predicted octanol–water partition coefficient (Wildman–Crippen LogP) is 0.368. The highest BCUT2D eigenvalue weighted by molar-refractivity contribution is 6.42. The number of hydrogen-bond donors (Lipinski definition) is 4. The Bertz CT molecular complexity index is 441. The van der Waals surface area contributed by atoms with Gasteiger partial charge in [0.25, 0.3) is 0 Å². The number of carbonyl (C=O) groups is 1. The Hall–Kier alpha value is -0.850. The summed E-state index contributed by atoms with van der Waals surface area (Å²) in [6.45, 7) is -1.69. The van der Waals surface area contributed by atoms with E-state index in [-0.39, 0.29) is 6.42 Å². The van der Waals surface area contributed by atoms with Crippen LogP contribution in [0.1, 0.15) is 5.56 Å². The first-order chi connectivity index (χ1) is 8.96. The van der Waals surface area contributed by atoms with Gasteiger partial charge in [0.2, 0.25) is 5.91 Å². The largest absolute Gasteiger partial charge is 0.394 e. The van der Waals surface area contributed by atoms with Crippen molar-refractivity contribution < 1.29 is 20.1 Å². The molecule has 0 spiro atoms. The van der Waals surface area contributed by atoms with Crippen LogP contribution >= 0.6 is 23.2 Å². The van der Waals surface area contributed by atoms with E-state index < -0.39 is 31.3 Å². The molecule has 0 unspecified atom stereocenters. The number of aliphatic hydroxyl groups is 3. The molecular formula is C12H15Cl2NO4. The van der Waals surface area contributed by atoms with Gasteiger partial charge in [-0.25, -0.2) is 0 Å². The molecule has 0 saturated carbocycles. The molecule has 106 valence electrons. The number of amides is 1. The lowest BCUT2D eigenvalue weighted by Gasteiger charge is -2.28. The lowest BCUT2D eigenvalue weighted by atomic mass is 10.0. The maximum atomic E-state index is 11.8. The molecule has 0 radical (unpaired) electrons. The number of hydrogen-bond acceptors (Lipinski definition) is 4. The lowest BCUT2D eigenvalue weighted by molar-refractivity contribution is -0.124. The van der Waals surface area contributed by atoms with E-state index in [9.17, 15) is 4.79 Å². The molecule has 0 aliphatic rings. The Balaban J connectivity index is 2.71. The topological polar surface area (TPSA) is 89.8 Å². The Kier molecular flexibility index (Phi) is 6.03. The van der Waals surface area contributed by atoms with E-state index in [4.69, 9.17) is 38.5 Å². The van der Waals surface area contributed by atoms with E-state index in [2.05, 4.69) is 5.32 Å². The monoisotopic (exact) mass is 307 g/mol. The van der Waals surface area contributed by atoms with E-state index in [1.807, 2.05) is 0 Å². The van der Waals surface area contributed by atoms with Gasteiger partial charge in [0.05, 0.1) is 36.3 Å². The van der Waals surface area contributed by atoms with Gasteiger partial charge in [0.1, 0.15) is 5.54 Å². The number of halogens is 2. The van der Waals surface area contributed by atoms with Crippen LogP contribution in [0.25, 0.3) is 0 Å². The van der Waals surface area contributed by atoms with Gasteiger partial charge < -0.3 is 20.6 Å². The van der Waals surface area contributed by atoms with E-state index in [1.165, 1.54) is 0 Å². The molecule has 0 bridgehead atoms. The molecule has 0 aliphatic heterocycles. The van der Waals surface area contributed by atoms with Gasteiger partial charge in [-0.1, -0.05) is 29.3 Å². The number of nitrogens with one attached hydrogen (secondary N) is 1. The molecule has 5 nitrogen and oxygen atoms in total. The van der Waals surface area contributed by atoms with Crippen LogP contribution in [0.4, 0.5) is 0 Å². The van der Waals surface area contributed by atoms with Crippen molar-refractivity contribution in [2.75, 3.05) is 19.8 Å². The second-order valence-electron chi connectivity index (χ2n) is 4.23. The van der Waals surface area contributed by atoms with Crippen LogP contribution in [0.5, 0.6) is 0 Å². The zero-order valence-electron chi connectivity index (χ0n) is 10.1. The van der Waals surface area contributed by atoms with Crippen LogP contribution in [0.3, 0.4) is 0 Å². The fraction of sp³-hybridized carbons (Fsp3) is 0.417. The molecule has 19 heavy (non-hydrogen) atoms. The van der Waals surface area contributed by atoms with Crippen molar-refractivity contribution in [3.05, 3.63) is 33.8 Å². The summed E-state index contributed by atoms with van der Waals surface area (Å²) in [4.78, 5) is 11.8. The van der Waals surface area contributed by atoms with Gasteiger partial charge in [-0.3, -0.25) is 4.79 Å². The molecule has 0 atom stereocenters. The van der Waals surface area contributed by atoms with Gasteiger partial charge in [-0.05, 0) is 17.7 Å². The molecule has 1 aromatic rings. The smallest absolute Gasteiger partial charge is 0.225 e. The van der Waals surface area contributed by atoms with E-state index in [0.29, 0.717) is 15.6 Å². The second-order valence-corrected chi connectivity index (χ2v) is 5.04. The summed E-state index contributed by atoms with van der Waals surface area (Å²) in [5.41, 5.74) is -0.789. The Labute approximate surface area is 120 Å². The molecule has 4 N–H and O–H groups in total. The highest BCUT2D eigenvalue weighted by Crippen LogP contribution is 2.22. The van der Waals surface area contributed by atoms with Crippen molar-refractivity contribution in [1.29, 1.82) is 0 Å². The molecule has 1 rings (SSSR count). The summed E-state index contributed by atoms with van der Waals surface area (Å²) >= 11 is 11.6. The van der Waals surface area contributed by atoms with Gasteiger partial charge in [0, 0.05) is 0 Å². The summed E-state index contributed by atoms with van der Waals surface area (Å²) in [5, 5.41) is 30.4. The maximum absolute atomic E-state index is 11.8. The van der Waals surface area contributed by atoms with Crippen LogP contribution in [-0.4, -0.2) is 46.6 Å². The summed E-state index contributed by atoms with van der Waals surface area (Å²) in [6, 6.07) is 4.78. The molecule has 1 aromatic carbocycles. The first kappa shape index (κ1) is 16.2. The summed E-state index contributed by atoms with van der Waals surface area (Å²) in [6.07, 6.45) is -0.00135. The van der Waals surface area contributed by atoms with Crippen molar-refractivity contribution in [2.24, 2.45) is 0 Å². The molecule has 0 aliphatic carbocycles. The maximum Gasteiger partial charge on any atom is 0.225 e. The van der Waals surface area contributed by atoms with Gasteiger partial charge in [-0.2, -0.15) is 0 Å². The minimum Gasteiger partial charge on any atom is -0.394 e. The number of rotatable bonds is 6. The minimum atomic E-state index is -1.42. The lowest BCUT2D eigenvalue weighted by Crippen LogP contribution is -2.57. The number of benzene rings is 1. The van der Waals surface area contributed by atoms with E-state index in [1.54, 1.807) is 18.2 Å². The minimum absolute atomic E-state index is 0.00135. The van der Waals surface area contributed by atoms with Crippen molar-refractivity contribution in [3.8, 4) is 0 Å².